The van der Waals surface area contributed by atoms with E-state index in [1.807, 2.05) is 13.8 Å². The Hall–Kier alpha value is -1.82. The minimum atomic E-state index is -0.196. The molecule has 0 spiro atoms. The SMILES string of the molecule is Cc1c(C(C)C#N)ccc(C=O)c1N. The molecule has 0 radical (unpaired) electrons. The zero-order chi connectivity index (χ0) is 10.7. The van der Waals surface area contributed by atoms with Gasteiger partial charge in [0.2, 0.25) is 0 Å². The highest BCUT2D eigenvalue weighted by molar-refractivity contribution is 5.85. The van der Waals surface area contributed by atoms with Crippen molar-refractivity contribution in [2.24, 2.45) is 0 Å². The molecule has 1 aromatic carbocycles. The summed E-state index contributed by atoms with van der Waals surface area (Å²) in [5, 5.41) is 8.77. The normalized spacial score (nSPS) is 11.8. The van der Waals surface area contributed by atoms with Crippen molar-refractivity contribution < 1.29 is 4.79 Å². The zero-order valence-corrected chi connectivity index (χ0v) is 8.24. The van der Waals surface area contributed by atoms with Gasteiger partial charge in [0.05, 0.1) is 12.0 Å². The summed E-state index contributed by atoms with van der Waals surface area (Å²) in [6.45, 7) is 3.63. The summed E-state index contributed by atoms with van der Waals surface area (Å²) in [6, 6.07) is 5.58. The predicted octanol–water partition coefficient (Wildman–Crippen LogP) is 2.02. The van der Waals surface area contributed by atoms with Crippen LogP contribution >= 0.6 is 0 Å². The third-order valence-electron chi connectivity index (χ3n) is 2.38. The lowest BCUT2D eigenvalue weighted by Gasteiger charge is -2.11. The Morgan fingerprint density at radius 3 is 2.71 bits per heavy atom. The maximum Gasteiger partial charge on any atom is 0.152 e. The smallest absolute Gasteiger partial charge is 0.152 e. The van der Waals surface area contributed by atoms with Gasteiger partial charge in [-0.3, -0.25) is 4.79 Å². The van der Waals surface area contributed by atoms with Crippen molar-refractivity contribution in [2.75, 3.05) is 5.73 Å². The number of benzene rings is 1. The van der Waals surface area contributed by atoms with Crippen molar-refractivity contribution >= 4 is 12.0 Å². The van der Waals surface area contributed by atoms with Gasteiger partial charge in [-0.25, -0.2) is 0 Å². The molecule has 0 saturated carbocycles. The quantitative estimate of drug-likeness (QED) is 0.570. The van der Waals surface area contributed by atoms with Crippen LogP contribution in [-0.4, -0.2) is 6.29 Å². The number of hydrogen-bond acceptors (Lipinski definition) is 3. The van der Waals surface area contributed by atoms with Crippen LogP contribution in [0, 0.1) is 18.3 Å². The maximum absolute atomic E-state index is 10.6. The number of nitrogens with zero attached hydrogens (tertiary/aromatic N) is 1. The number of hydrogen-bond donors (Lipinski definition) is 1. The summed E-state index contributed by atoms with van der Waals surface area (Å²) in [4.78, 5) is 10.6. The molecule has 1 atom stereocenters. The second-order valence-electron chi connectivity index (χ2n) is 3.25. The van der Waals surface area contributed by atoms with E-state index in [9.17, 15) is 4.79 Å². The second-order valence-corrected chi connectivity index (χ2v) is 3.25. The fourth-order valence-electron chi connectivity index (χ4n) is 1.41. The molecular formula is C11H12N2O. The Morgan fingerprint density at radius 1 is 1.57 bits per heavy atom. The summed E-state index contributed by atoms with van der Waals surface area (Å²) in [6.07, 6.45) is 0.725. The Morgan fingerprint density at radius 2 is 2.21 bits per heavy atom. The van der Waals surface area contributed by atoms with E-state index in [0.717, 1.165) is 17.4 Å². The first-order chi connectivity index (χ1) is 6.61. The van der Waals surface area contributed by atoms with E-state index in [2.05, 4.69) is 6.07 Å². The minimum absolute atomic E-state index is 0.196. The number of carbonyl (C=O) groups is 1. The van der Waals surface area contributed by atoms with Gasteiger partial charge in [0.25, 0.3) is 0 Å². The van der Waals surface area contributed by atoms with Crippen molar-refractivity contribution in [3.63, 3.8) is 0 Å². The van der Waals surface area contributed by atoms with E-state index in [-0.39, 0.29) is 5.92 Å². The van der Waals surface area contributed by atoms with E-state index in [4.69, 9.17) is 11.0 Å². The summed E-state index contributed by atoms with van der Waals surface area (Å²) < 4.78 is 0. The second kappa shape index (κ2) is 3.93. The fraction of sp³-hybridized carbons (Fsp3) is 0.273. The Labute approximate surface area is 83.2 Å². The van der Waals surface area contributed by atoms with E-state index < -0.39 is 0 Å². The highest BCUT2D eigenvalue weighted by Gasteiger charge is 2.11. The molecule has 0 aliphatic rings. The molecule has 0 fully saturated rings. The fourth-order valence-corrected chi connectivity index (χ4v) is 1.41. The zero-order valence-electron chi connectivity index (χ0n) is 8.24. The maximum atomic E-state index is 10.6. The number of carbonyl (C=O) groups excluding carboxylic acids is 1. The van der Waals surface area contributed by atoms with Crippen LogP contribution in [0.4, 0.5) is 5.69 Å². The van der Waals surface area contributed by atoms with E-state index in [1.165, 1.54) is 0 Å². The van der Waals surface area contributed by atoms with Crippen LogP contribution < -0.4 is 5.73 Å². The molecule has 0 aliphatic carbocycles. The van der Waals surface area contributed by atoms with Gasteiger partial charge in [0.15, 0.2) is 6.29 Å². The van der Waals surface area contributed by atoms with Crippen molar-refractivity contribution in [3.05, 3.63) is 28.8 Å². The first kappa shape index (κ1) is 10.3. The Balaban J connectivity index is 3.32. The molecule has 3 heteroatoms. The van der Waals surface area contributed by atoms with Crippen LogP contribution in [-0.2, 0) is 0 Å². The van der Waals surface area contributed by atoms with Crippen molar-refractivity contribution in [1.29, 1.82) is 5.26 Å². The third-order valence-corrected chi connectivity index (χ3v) is 2.38. The van der Waals surface area contributed by atoms with Gasteiger partial charge >= 0.3 is 0 Å². The van der Waals surface area contributed by atoms with Gasteiger partial charge in [-0.1, -0.05) is 6.07 Å². The van der Waals surface area contributed by atoms with Gasteiger partial charge in [-0.2, -0.15) is 5.26 Å². The van der Waals surface area contributed by atoms with E-state index >= 15 is 0 Å². The number of nitrogen functional groups attached to an aromatic ring is 1. The molecule has 0 saturated heterocycles. The van der Waals surface area contributed by atoms with Gasteiger partial charge in [0.1, 0.15) is 0 Å². The third kappa shape index (κ3) is 1.60. The van der Waals surface area contributed by atoms with Gasteiger partial charge in [0, 0.05) is 11.3 Å². The summed E-state index contributed by atoms with van der Waals surface area (Å²) in [5.41, 5.74) is 8.41. The molecule has 0 heterocycles. The average molecular weight is 188 g/mol. The molecule has 0 aliphatic heterocycles. The summed E-state index contributed by atoms with van der Waals surface area (Å²) in [5.74, 6) is -0.196. The summed E-state index contributed by atoms with van der Waals surface area (Å²) >= 11 is 0. The number of rotatable bonds is 2. The lowest BCUT2D eigenvalue weighted by molar-refractivity contribution is 0.112. The van der Waals surface area contributed by atoms with Crippen LogP contribution in [0.15, 0.2) is 12.1 Å². The average Bonchev–Trinajstić information content (AvgIpc) is 2.21. The van der Waals surface area contributed by atoms with Crippen molar-refractivity contribution in [3.8, 4) is 6.07 Å². The predicted molar refractivity (Wildman–Crippen MR) is 55.0 cm³/mol. The number of nitrogens with two attached hydrogens (primary N) is 1. The molecule has 14 heavy (non-hydrogen) atoms. The lowest BCUT2D eigenvalue weighted by atomic mass is 9.94. The molecule has 72 valence electrons. The number of anilines is 1. The topological polar surface area (TPSA) is 66.9 Å². The van der Waals surface area contributed by atoms with Crippen LogP contribution in [0.2, 0.25) is 0 Å². The standard InChI is InChI=1S/C11H12N2O/c1-7(5-12)10-4-3-9(6-14)11(13)8(10)2/h3-4,6-7H,13H2,1-2H3. The van der Waals surface area contributed by atoms with Crippen LogP contribution in [0.1, 0.15) is 34.3 Å². The molecule has 0 bridgehead atoms. The van der Waals surface area contributed by atoms with Crippen LogP contribution in [0.5, 0.6) is 0 Å². The van der Waals surface area contributed by atoms with Gasteiger partial charge in [-0.05, 0) is 31.0 Å². The van der Waals surface area contributed by atoms with Gasteiger partial charge < -0.3 is 5.73 Å². The summed E-state index contributed by atoms with van der Waals surface area (Å²) in [7, 11) is 0. The number of nitriles is 1. The van der Waals surface area contributed by atoms with E-state index in [1.54, 1.807) is 12.1 Å². The monoisotopic (exact) mass is 188 g/mol. The molecule has 1 rings (SSSR count). The molecule has 0 amide bonds. The van der Waals surface area contributed by atoms with Crippen molar-refractivity contribution in [2.45, 2.75) is 19.8 Å². The molecule has 1 unspecified atom stereocenters. The first-order valence-electron chi connectivity index (χ1n) is 4.35. The first-order valence-corrected chi connectivity index (χ1v) is 4.35. The molecule has 3 nitrogen and oxygen atoms in total. The van der Waals surface area contributed by atoms with E-state index in [0.29, 0.717) is 11.3 Å². The largest absolute Gasteiger partial charge is 0.398 e. The molecule has 0 aromatic heterocycles. The Kier molecular flexibility index (Phi) is 2.88. The van der Waals surface area contributed by atoms with Crippen LogP contribution in [0.3, 0.4) is 0 Å². The molecule has 2 N–H and O–H groups in total. The van der Waals surface area contributed by atoms with Gasteiger partial charge in [-0.15, -0.1) is 0 Å². The van der Waals surface area contributed by atoms with Crippen LogP contribution in [0.25, 0.3) is 0 Å². The molecule has 1 aromatic rings. The highest BCUT2D eigenvalue weighted by atomic mass is 16.1. The van der Waals surface area contributed by atoms with Crippen molar-refractivity contribution in [1.82, 2.24) is 0 Å². The highest BCUT2D eigenvalue weighted by Crippen LogP contribution is 2.25. The lowest BCUT2D eigenvalue weighted by Crippen LogP contribution is -2.02. The number of aldehydes is 1. The molecular weight excluding hydrogens is 176 g/mol. The minimum Gasteiger partial charge on any atom is -0.398 e. The Bertz CT molecular complexity index is 404.